The number of aromatic hydroxyl groups is 1. The highest BCUT2D eigenvalue weighted by molar-refractivity contribution is 9.10. The Morgan fingerprint density at radius 1 is 1.29 bits per heavy atom. The van der Waals surface area contributed by atoms with E-state index >= 15 is 0 Å². The van der Waals surface area contributed by atoms with Crippen molar-refractivity contribution < 1.29 is 14.6 Å². The van der Waals surface area contributed by atoms with Gasteiger partial charge >= 0.3 is 6.09 Å². The molecule has 2 N–H and O–H groups in total. The molecule has 0 atom stereocenters. The first kappa shape index (κ1) is 18.3. The molecular formula is C18H21BrN2O3. The maximum atomic E-state index is 12.1. The zero-order valence-electron chi connectivity index (χ0n) is 14.2. The largest absolute Gasteiger partial charge is 0.508 e. The lowest BCUT2D eigenvalue weighted by Crippen LogP contribution is -2.27. The fraction of sp³-hybridized carbons (Fsp3) is 0.333. The molecule has 24 heavy (non-hydrogen) atoms. The van der Waals surface area contributed by atoms with Crippen LogP contribution in [0.25, 0.3) is 11.1 Å². The third kappa shape index (κ3) is 4.47. The fourth-order valence-corrected chi connectivity index (χ4v) is 2.89. The number of nitrogens with one attached hydrogen (secondary N) is 1. The number of nitrogens with zero attached hydrogens (tertiary/aromatic N) is 1. The Balaban J connectivity index is 2.48. The number of carbonyl (C=O) groups excluding carboxylic acids is 1. The quantitative estimate of drug-likeness (QED) is 0.759. The van der Waals surface area contributed by atoms with Gasteiger partial charge in [-0.3, -0.25) is 5.32 Å². The van der Waals surface area contributed by atoms with Crippen LogP contribution in [0, 0.1) is 0 Å². The first-order valence-electron chi connectivity index (χ1n) is 7.68. The Morgan fingerprint density at radius 3 is 2.46 bits per heavy atom. The molecule has 6 heteroatoms. The smallest absolute Gasteiger partial charge is 0.413 e. The number of hydrogen-bond acceptors (Lipinski definition) is 4. The number of aromatic nitrogens is 1. The third-order valence-corrected chi connectivity index (χ3v) is 3.95. The molecule has 0 saturated heterocycles. The Kier molecular flexibility index (Phi) is 5.49. The molecule has 0 aliphatic heterocycles. The van der Waals surface area contributed by atoms with E-state index in [1.165, 1.54) is 0 Å². The highest BCUT2D eigenvalue weighted by Crippen LogP contribution is 2.35. The van der Waals surface area contributed by atoms with Crippen LogP contribution in [0.4, 0.5) is 10.6 Å². The molecule has 0 bridgehead atoms. The van der Waals surface area contributed by atoms with Gasteiger partial charge in [-0.2, -0.15) is 0 Å². The first-order valence-corrected chi connectivity index (χ1v) is 8.47. The number of rotatable bonds is 3. The minimum absolute atomic E-state index is 0.182. The number of phenolic OH excluding ortho intramolecular Hbond substituents is 1. The standard InChI is InChI=1S/C18H21BrN2O3/c1-5-13-14(19)10-20-16(21-17(23)24-18(2,3)4)15(13)11-6-8-12(22)9-7-11/h6-10,22H,5H2,1-4H3,(H,20,21,23). The van der Waals surface area contributed by atoms with Crippen molar-refractivity contribution in [3.8, 4) is 16.9 Å². The summed E-state index contributed by atoms with van der Waals surface area (Å²) in [5, 5.41) is 12.2. The van der Waals surface area contributed by atoms with E-state index in [1.54, 1.807) is 51.2 Å². The first-order chi connectivity index (χ1) is 11.2. The maximum Gasteiger partial charge on any atom is 0.413 e. The van der Waals surface area contributed by atoms with Crippen LogP contribution in [0.3, 0.4) is 0 Å². The molecule has 1 aromatic carbocycles. The SMILES string of the molecule is CCc1c(Br)cnc(NC(=O)OC(C)(C)C)c1-c1ccc(O)cc1. The zero-order valence-corrected chi connectivity index (χ0v) is 15.8. The van der Waals surface area contributed by atoms with E-state index in [2.05, 4.69) is 26.2 Å². The monoisotopic (exact) mass is 392 g/mol. The highest BCUT2D eigenvalue weighted by Gasteiger charge is 2.20. The van der Waals surface area contributed by atoms with E-state index in [0.29, 0.717) is 5.82 Å². The van der Waals surface area contributed by atoms with Gasteiger partial charge in [0.2, 0.25) is 0 Å². The van der Waals surface area contributed by atoms with Gasteiger partial charge in [-0.1, -0.05) is 19.1 Å². The minimum atomic E-state index is -0.592. The Labute approximate surface area is 150 Å². The molecule has 1 amide bonds. The lowest BCUT2D eigenvalue weighted by atomic mass is 9.99. The number of hydrogen-bond donors (Lipinski definition) is 2. The Morgan fingerprint density at radius 2 is 1.92 bits per heavy atom. The molecule has 1 aromatic heterocycles. The number of amides is 1. The van der Waals surface area contributed by atoms with E-state index in [-0.39, 0.29) is 5.75 Å². The predicted molar refractivity (Wildman–Crippen MR) is 98.3 cm³/mol. The van der Waals surface area contributed by atoms with Crippen molar-refractivity contribution >= 4 is 27.8 Å². The average molecular weight is 393 g/mol. The summed E-state index contributed by atoms with van der Waals surface area (Å²) in [5.74, 6) is 0.608. The topological polar surface area (TPSA) is 71.5 Å². The predicted octanol–water partition coefficient (Wildman–Crippen LogP) is 5.13. The molecule has 0 spiro atoms. The molecule has 2 aromatic rings. The summed E-state index contributed by atoms with van der Waals surface area (Å²) < 4.78 is 6.18. The lowest BCUT2D eigenvalue weighted by Gasteiger charge is -2.21. The number of anilines is 1. The summed E-state index contributed by atoms with van der Waals surface area (Å²) >= 11 is 3.51. The normalized spacial score (nSPS) is 11.2. The summed E-state index contributed by atoms with van der Waals surface area (Å²) in [6.45, 7) is 7.45. The second-order valence-corrected chi connectivity index (χ2v) is 7.19. The molecule has 0 unspecified atom stereocenters. The van der Waals surface area contributed by atoms with E-state index in [9.17, 15) is 9.90 Å². The van der Waals surface area contributed by atoms with Gasteiger partial charge < -0.3 is 9.84 Å². The van der Waals surface area contributed by atoms with E-state index in [4.69, 9.17) is 4.74 Å². The Hall–Kier alpha value is -2.08. The fourth-order valence-electron chi connectivity index (χ4n) is 2.31. The number of phenols is 1. The van der Waals surface area contributed by atoms with Gasteiger partial charge in [0.15, 0.2) is 0 Å². The van der Waals surface area contributed by atoms with Crippen LogP contribution < -0.4 is 5.32 Å². The van der Waals surface area contributed by atoms with Crippen LogP contribution in [0.1, 0.15) is 33.3 Å². The van der Waals surface area contributed by atoms with Crippen molar-refractivity contribution in [3.63, 3.8) is 0 Å². The van der Waals surface area contributed by atoms with Gasteiger partial charge in [0.1, 0.15) is 17.2 Å². The van der Waals surface area contributed by atoms with Crippen molar-refractivity contribution in [1.29, 1.82) is 0 Å². The minimum Gasteiger partial charge on any atom is -0.508 e. The Bertz CT molecular complexity index is 737. The summed E-state index contributed by atoms with van der Waals surface area (Å²) in [6.07, 6.45) is 1.86. The van der Waals surface area contributed by atoms with Crippen LogP contribution in [-0.4, -0.2) is 21.8 Å². The van der Waals surface area contributed by atoms with Gasteiger partial charge in [-0.25, -0.2) is 9.78 Å². The van der Waals surface area contributed by atoms with Gasteiger partial charge in [0.25, 0.3) is 0 Å². The maximum absolute atomic E-state index is 12.1. The van der Waals surface area contributed by atoms with Crippen LogP contribution in [-0.2, 0) is 11.2 Å². The number of halogens is 1. The van der Waals surface area contributed by atoms with Crippen molar-refractivity contribution in [1.82, 2.24) is 4.98 Å². The number of benzene rings is 1. The third-order valence-electron chi connectivity index (χ3n) is 3.26. The summed E-state index contributed by atoms with van der Waals surface area (Å²) in [4.78, 5) is 16.5. The van der Waals surface area contributed by atoms with Crippen LogP contribution in [0.2, 0.25) is 0 Å². The zero-order chi connectivity index (χ0) is 17.9. The summed E-state index contributed by atoms with van der Waals surface area (Å²) in [7, 11) is 0. The molecule has 1 heterocycles. The molecule has 0 saturated carbocycles. The highest BCUT2D eigenvalue weighted by atomic mass is 79.9. The molecular weight excluding hydrogens is 372 g/mol. The van der Waals surface area contributed by atoms with Gasteiger partial charge in [-0.15, -0.1) is 0 Å². The number of pyridine rings is 1. The molecule has 0 aliphatic rings. The van der Waals surface area contributed by atoms with Crippen molar-refractivity contribution in [2.24, 2.45) is 0 Å². The van der Waals surface area contributed by atoms with Gasteiger partial charge in [-0.05, 0) is 66.4 Å². The van der Waals surface area contributed by atoms with E-state index in [0.717, 1.165) is 27.6 Å². The lowest BCUT2D eigenvalue weighted by molar-refractivity contribution is 0.0635. The molecule has 128 valence electrons. The second-order valence-electron chi connectivity index (χ2n) is 6.34. The van der Waals surface area contributed by atoms with Crippen LogP contribution in [0.5, 0.6) is 5.75 Å². The van der Waals surface area contributed by atoms with E-state index in [1.807, 2.05) is 6.92 Å². The number of ether oxygens (including phenoxy) is 1. The average Bonchev–Trinajstić information content (AvgIpc) is 2.48. The van der Waals surface area contributed by atoms with Crippen molar-refractivity contribution in [2.45, 2.75) is 39.7 Å². The van der Waals surface area contributed by atoms with Crippen LogP contribution >= 0.6 is 15.9 Å². The van der Waals surface area contributed by atoms with Crippen molar-refractivity contribution in [3.05, 3.63) is 40.5 Å². The van der Waals surface area contributed by atoms with Gasteiger partial charge in [0, 0.05) is 16.2 Å². The molecule has 5 nitrogen and oxygen atoms in total. The summed E-state index contributed by atoms with van der Waals surface area (Å²) in [5.41, 5.74) is 2.08. The second kappa shape index (κ2) is 7.21. The molecule has 0 radical (unpaired) electrons. The van der Waals surface area contributed by atoms with Crippen LogP contribution in [0.15, 0.2) is 34.9 Å². The molecule has 0 aliphatic carbocycles. The van der Waals surface area contributed by atoms with Gasteiger partial charge in [0.05, 0.1) is 0 Å². The summed E-state index contributed by atoms with van der Waals surface area (Å²) in [6, 6.07) is 6.79. The number of carbonyl (C=O) groups is 1. The molecule has 2 rings (SSSR count). The van der Waals surface area contributed by atoms with Crippen molar-refractivity contribution in [2.75, 3.05) is 5.32 Å². The van der Waals surface area contributed by atoms with E-state index < -0.39 is 11.7 Å². The molecule has 0 fully saturated rings.